The molecule has 25 heavy (non-hydrogen) atoms. The van der Waals surface area contributed by atoms with Crippen molar-refractivity contribution in [3.63, 3.8) is 0 Å². The number of allylic oxidation sites excluding steroid dienone is 3. The minimum Gasteiger partial charge on any atom is -0.339 e. The van der Waals surface area contributed by atoms with Crippen LogP contribution in [0.4, 0.5) is 20.3 Å². The Bertz CT molecular complexity index is 926. The van der Waals surface area contributed by atoms with E-state index < -0.39 is 12.3 Å². The van der Waals surface area contributed by atoms with Crippen LogP contribution < -0.4 is 10.6 Å². The van der Waals surface area contributed by atoms with Gasteiger partial charge < -0.3 is 10.6 Å². The molecule has 5 nitrogen and oxygen atoms in total. The van der Waals surface area contributed by atoms with Gasteiger partial charge >= 0.3 is 0 Å². The van der Waals surface area contributed by atoms with Crippen molar-refractivity contribution in [2.75, 3.05) is 10.6 Å². The summed E-state index contributed by atoms with van der Waals surface area (Å²) in [5.74, 6) is -0.159. The fraction of sp³-hybridized carbons (Fsp3) is 0.176. The van der Waals surface area contributed by atoms with E-state index in [4.69, 9.17) is 0 Å². The molecule has 0 unspecified atom stereocenters. The molecule has 0 bridgehead atoms. The van der Waals surface area contributed by atoms with Crippen LogP contribution in [0.5, 0.6) is 0 Å². The predicted molar refractivity (Wildman–Crippen MR) is 94.5 cm³/mol. The Morgan fingerprint density at radius 2 is 2.08 bits per heavy atom. The third-order valence-electron chi connectivity index (χ3n) is 4.03. The van der Waals surface area contributed by atoms with Crippen LogP contribution in [0, 0.1) is 0 Å². The molecule has 2 heterocycles. The average Bonchev–Trinajstić information content (AvgIpc) is 3.35. The number of halogens is 3. The van der Waals surface area contributed by atoms with Crippen LogP contribution in [0.2, 0.25) is 0 Å². The van der Waals surface area contributed by atoms with Gasteiger partial charge in [-0.25, -0.2) is 13.5 Å². The lowest BCUT2D eigenvalue weighted by Crippen LogP contribution is -2.20. The smallest absolute Gasteiger partial charge is 0.280 e. The quantitative estimate of drug-likeness (QED) is 0.789. The molecule has 0 atom stereocenters. The highest BCUT2D eigenvalue weighted by Crippen LogP contribution is 2.38. The summed E-state index contributed by atoms with van der Waals surface area (Å²) in [6.45, 7) is 0. The first-order chi connectivity index (χ1) is 12.0. The van der Waals surface area contributed by atoms with Gasteiger partial charge in [0.2, 0.25) is 0 Å². The lowest BCUT2D eigenvalue weighted by molar-refractivity contribution is 0.102. The molecular weight excluding hydrogens is 394 g/mol. The van der Waals surface area contributed by atoms with E-state index in [-0.39, 0.29) is 17.1 Å². The minimum absolute atomic E-state index is 0.209. The highest BCUT2D eigenvalue weighted by molar-refractivity contribution is 9.10. The summed E-state index contributed by atoms with van der Waals surface area (Å²) >= 11 is 3.36. The maximum Gasteiger partial charge on any atom is 0.280 e. The summed E-state index contributed by atoms with van der Waals surface area (Å²) in [6.07, 6.45) is 1.77. The van der Waals surface area contributed by atoms with Crippen LogP contribution in [-0.4, -0.2) is 22.1 Å². The van der Waals surface area contributed by atoms with Crippen molar-refractivity contribution < 1.29 is 13.6 Å². The summed E-state index contributed by atoms with van der Waals surface area (Å²) in [4.78, 5) is 12.6. The predicted octanol–water partition coefficient (Wildman–Crippen LogP) is 4.48. The number of benzene rings is 1. The Hall–Kier alpha value is -2.48. The van der Waals surface area contributed by atoms with Gasteiger partial charge in [0, 0.05) is 10.2 Å². The number of aromatic nitrogens is 2. The normalized spacial score (nSPS) is 15.6. The van der Waals surface area contributed by atoms with Crippen molar-refractivity contribution in [3.05, 3.63) is 57.8 Å². The number of carbonyl (C=O) groups is 1. The molecule has 1 aromatic carbocycles. The molecular formula is C17H13BrF2N4O. The third-order valence-corrected chi connectivity index (χ3v) is 4.72. The van der Waals surface area contributed by atoms with E-state index in [1.54, 1.807) is 18.2 Å². The molecule has 8 heteroatoms. The van der Waals surface area contributed by atoms with E-state index in [1.165, 1.54) is 12.3 Å². The van der Waals surface area contributed by atoms with E-state index in [9.17, 15) is 13.6 Å². The first kappa shape index (κ1) is 16.0. The molecule has 1 amide bonds. The van der Waals surface area contributed by atoms with Crippen LogP contribution in [0.25, 0.3) is 5.70 Å². The zero-order chi connectivity index (χ0) is 17.6. The van der Waals surface area contributed by atoms with Gasteiger partial charge in [-0.05, 0) is 52.6 Å². The average molecular weight is 407 g/mol. The highest BCUT2D eigenvalue weighted by Gasteiger charge is 2.30. The zero-order valence-electron chi connectivity index (χ0n) is 12.9. The molecule has 2 N–H and O–H groups in total. The largest absolute Gasteiger partial charge is 0.339 e. The van der Waals surface area contributed by atoms with Gasteiger partial charge in [0.1, 0.15) is 17.1 Å². The van der Waals surface area contributed by atoms with E-state index >= 15 is 0 Å². The Balaban J connectivity index is 1.70. The number of fused-ring (bicyclic) bond motifs is 1. The molecule has 128 valence electrons. The van der Waals surface area contributed by atoms with Crippen LogP contribution >= 0.6 is 15.9 Å². The minimum atomic E-state index is -2.69. The Labute approximate surface area is 150 Å². The van der Waals surface area contributed by atoms with E-state index in [0.29, 0.717) is 11.4 Å². The molecule has 0 saturated heterocycles. The number of nitrogens with zero attached hydrogens (tertiary/aromatic N) is 2. The molecule has 4 rings (SSSR count). The van der Waals surface area contributed by atoms with E-state index in [2.05, 4.69) is 31.7 Å². The van der Waals surface area contributed by atoms with E-state index in [0.717, 1.165) is 27.6 Å². The first-order valence-electron chi connectivity index (χ1n) is 7.67. The topological polar surface area (TPSA) is 59.0 Å². The van der Waals surface area contributed by atoms with Crippen molar-refractivity contribution in [1.82, 2.24) is 9.78 Å². The van der Waals surface area contributed by atoms with E-state index in [1.807, 2.05) is 6.07 Å². The number of hydrogen-bond acceptors (Lipinski definition) is 3. The highest BCUT2D eigenvalue weighted by atomic mass is 79.9. The molecule has 1 fully saturated rings. The standard InChI is InChI=1S/C17H13BrF2N4O/c18-11-3-1-2-4-12(11)23-17(25)10-8-21-24-14(15(19)20)7-13(9-5-6-9)22-16(10)24/h1-4,7-8,15,22H,5-6H2,(H,23,25). The summed E-state index contributed by atoms with van der Waals surface area (Å²) in [6, 6.07) is 7.16. The van der Waals surface area contributed by atoms with Gasteiger partial charge in [0.25, 0.3) is 12.3 Å². The second-order valence-electron chi connectivity index (χ2n) is 5.76. The van der Waals surface area contributed by atoms with Gasteiger partial charge in [0.15, 0.2) is 0 Å². The maximum absolute atomic E-state index is 13.4. The second kappa shape index (κ2) is 6.11. The SMILES string of the molecule is O=C(Nc1ccccc1Br)c1cnn2c1NC(=C1CC1)C=C2C(F)F. The fourth-order valence-corrected chi connectivity index (χ4v) is 3.02. The lowest BCUT2D eigenvalue weighted by atomic mass is 10.2. The monoisotopic (exact) mass is 406 g/mol. The number of nitrogens with one attached hydrogen (secondary N) is 2. The molecule has 1 aromatic heterocycles. The van der Waals surface area contributed by atoms with Crippen molar-refractivity contribution in [2.24, 2.45) is 0 Å². The summed E-state index contributed by atoms with van der Waals surface area (Å²) in [7, 11) is 0. The second-order valence-corrected chi connectivity index (χ2v) is 6.62. The molecule has 2 aliphatic rings. The lowest BCUT2D eigenvalue weighted by Gasteiger charge is -2.20. The van der Waals surface area contributed by atoms with Crippen LogP contribution in [0.3, 0.4) is 0 Å². The third kappa shape index (κ3) is 2.97. The van der Waals surface area contributed by atoms with Crippen LogP contribution in [0.15, 0.2) is 52.3 Å². The summed E-state index contributed by atoms with van der Waals surface area (Å²) in [5, 5.41) is 9.81. The van der Waals surface area contributed by atoms with Crippen molar-refractivity contribution in [3.8, 4) is 0 Å². The molecule has 0 radical (unpaired) electrons. The van der Waals surface area contributed by atoms with Crippen molar-refractivity contribution >= 4 is 39.0 Å². The number of alkyl halides is 2. The van der Waals surface area contributed by atoms with Crippen LogP contribution in [-0.2, 0) is 0 Å². The van der Waals surface area contributed by atoms with Crippen molar-refractivity contribution in [1.29, 1.82) is 0 Å². The summed E-state index contributed by atoms with van der Waals surface area (Å²) < 4.78 is 28.6. The number of hydrogen-bond donors (Lipinski definition) is 2. The number of rotatable bonds is 3. The Morgan fingerprint density at radius 3 is 2.76 bits per heavy atom. The first-order valence-corrected chi connectivity index (χ1v) is 8.47. The van der Waals surface area contributed by atoms with Gasteiger partial charge in [-0.2, -0.15) is 5.10 Å². The number of carbonyl (C=O) groups excluding carboxylic acids is 1. The number of amides is 1. The van der Waals surface area contributed by atoms with Crippen molar-refractivity contribution in [2.45, 2.75) is 19.3 Å². The van der Waals surface area contributed by atoms with Crippen LogP contribution in [0.1, 0.15) is 23.2 Å². The van der Waals surface area contributed by atoms with Gasteiger partial charge in [0.05, 0.1) is 11.9 Å². The number of anilines is 2. The molecule has 0 spiro atoms. The fourth-order valence-electron chi connectivity index (χ4n) is 2.63. The Morgan fingerprint density at radius 1 is 1.32 bits per heavy atom. The molecule has 1 aliphatic carbocycles. The van der Waals surface area contributed by atoms with Gasteiger partial charge in [-0.15, -0.1) is 0 Å². The Kier molecular flexibility index (Phi) is 3.91. The molecule has 1 saturated carbocycles. The van der Waals surface area contributed by atoms with Gasteiger partial charge in [-0.3, -0.25) is 4.79 Å². The van der Waals surface area contributed by atoms with Gasteiger partial charge in [-0.1, -0.05) is 12.1 Å². The molecule has 1 aliphatic heterocycles. The molecule has 2 aromatic rings. The number of para-hydroxylation sites is 1. The summed E-state index contributed by atoms with van der Waals surface area (Å²) in [5.41, 5.74) is 2.28. The zero-order valence-corrected chi connectivity index (χ0v) is 14.5. The maximum atomic E-state index is 13.4.